The Bertz CT molecular complexity index is 1400. The second kappa shape index (κ2) is 8.34. The van der Waals surface area contributed by atoms with E-state index in [1.54, 1.807) is 0 Å². The molecule has 0 saturated heterocycles. The van der Waals surface area contributed by atoms with Gasteiger partial charge in [-0.3, -0.25) is 4.98 Å². The van der Waals surface area contributed by atoms with Crippen molar-refractivity contribution in [3.05, 3.63) is 90.9 Å². The van der Waals surface area contributed by atoms with E-state index in [1.165, 1.54) is 27.4 Å². The second-order valence-electron chi connectivity index (χ2n) is 8.70. The molecule has 33 heavy (non-hydrogen) atoms. The van der Waals surface area contributed by atoms with Crippen molar-refractivity contribution in [1.29, 1.82) is 0 Å². The predicted octanol–water partition coefficient (Wildman–Crippen LogP) is 5.92. The number of nitrogens with zero attached hydrogens (tertiary/aromatic N) is 3. The zero-order valence-corrected chi connectivity index (χ0v) is 18.5. The first-order valence-electron chi connectivity index (χ1n) is 11.4. The molecule has 1 fully saturated rings. The van der Waals surface area contributed by atoms with Gasteiger partial charge in [-0.15, -0.1) is 0 Å². The summed E-state index contributed by atoms with van der Waals surface area (Å²) < 4.78 is 14.2. The predicted molar refractivity (Wildman–Crippen MR) is 130 cm³/mol. The van der Waals surface area contributed by atoms with E-state index >= 15 is 0 Å². The van der Waals surface area contributed by atoms with Gasteiger partial charge in [0.25, 0.3) is 0 Å². The standard InChI is InChI=1S/C28H25N3O2/c1-31-26-11-12-29-17-25(26)24-9-7-20(13-27(24)31)21-8-10-28(30-16-21)33-23-14-22(15-23)32-18-19-5-3-2-4-6-19/h2-13,16-17,22-23H,14-15,18H2,1H3/t22-,23-. The number of ether oxygens (including phenoxy) is 2. The molecule has 2 aromatic carbocycles. The molecular formula is C28H25N3O2. The first kappa shape index (κ1) is 19.9. The number of aromatic nitrogens is 3. The molecule has 3 heterocycles. The van der Waals surface area contributed by atoms with Gasteiger partial charge in [-0.2, -0.15) is 0 Å². The van der Waals surface area contributed by atoms with E-state index in [0.29, 0.717) is 12.5 Å². The molecule has 3 aromatic heterocycles. The molecule has 5 aromatic rings. The maximum atomic E-state index is 6.05. The van der Waals surface area contributed by atoms with E-state index in [1.807, 2.05) is 42.9 Å². The Morgan fingerprint density at radius 3 is 2.52 bits per heavy atom. The largest absolute Gasteiger partial charge is 0.474 e. The van der Waals surface area contributed by atoms with E-state index in [4.69, 9.17) is 9.47 Å². The van der Waals surface area contributed by atoms with Crippen molar-refractivity contribution in [3.8, 4) is 17.0 Å². The van der Waals surface area contributed by atoms with E-state index < -0.39 is 0 Å². The minimum Gasteiger partial charge on any atom is -0.474 e. The quantitative estimate of drug-likeness (QED) is 0.332. The lowest BCUT2D eigenvalue weighted by molar-refractivity contribution is -0.0694. The molecule has 0 unspecified atom stereocenters. The van der Waals surface area contributed by atoms with Crippen LogP contribution in [0.3, 0.4) is 0 Å². The van der Waals surface area contributed by atoms with Gasteiger partial charge in [0.15, 0.2) is 0 Å². The van der Waals surface area contributed by atoms with Gasteiger partial charge in [0.2, 0.25) is 5.88 Å². The van der Waals surface area contributed by atoms with E-state index in [-0.39, 0.29) is 12.2 Å². The molecule has 1 aliphatic rings. The molecule has 5 heteroatoms. The lowest BCUT2D eigenvalue weighted by atomic mass is 9.92. The minimum atomic E-state index is 0.171. The van der Waals surface area contributed by atoms with E-state index in [9.17, 15) is 0 Å². The Balaban J connectivity index is 1.10. The number of aryl methyl sites for hydroxylation is 1. The van der Waals surface area contributed by atoms with Gasteiger partial charge in [-0.1, -0.05) is 42.5 Å². The molecule has 6 rings (SSSR count). The third-order valence-corrected chi connectivity index (χ3v) is 6.55. The van der Waals surface area contributed by atoms with Crippen LogP contribution < -0.4 is 4.74 Å². The molecule has 0 radical (unpaired) electrons. The van der Waals surface area contributed by atoms with Crippen LogP contribution in [0.4, 0.5) is 0 Å². The molecule has 0 atom stereocenters. The smallest absolute Gasteiger partial charge is 0.213 e. The van der Waals surface area contributed by atoms with Crippen LogP contribution >= 0.6 is 0 Å². The van der Waals surface area contributed by atoms with Crippen molar-refractivity contribution in [2.24, 2.45) is 7.05 Å². The summed E-state index contributed by atoms with van der Waals surface area (Å²) in [6.07, 6.45) is 7.91. The summed E-state index contributed by atoms with van der Waals surface area (Å²) in [5, 5.41) is 2.39. The first-order valence-corrected chi connectivity index (χ1v) is 11.4. The van der Waals surface area contributed by atoms with Gasteiger partial charge in [0.1, 0.15) is 6.10 Å². The summed E-state index contributed by atoms with van der Waals surface area (Å²) in [4.78, 5) is 8.85. The van der Waals surface area contributed by atoms with E-state index in [2.05, 4.69) is 64.0 Å². The Labute approximate surface area is 192 Å². The maximum absolute atomic E-state index is 6.05. The van der Waals surface area contributed by atoms with Gasteiger partial charge in [-0.25, -0.2) is 4.98 Å². The van der Waals surface area contributed by atoms with Crippen LogP contribution in [0.25, 0.3) is 32.9 Å². The van der Waals surface area contributed by atoms with Gasteiger partial charge >= 0.3 is 0 Å². The van der Waals surface area contributed by atoms with Gasteiger partial charge in [0, 0.05) is 66.4 Å². The van der Waals surface area contributed by atoms with Crippen LogP contribution in [0.1, 0.15) is 18.4 Å². The van der Waals surface area contributed by atoms with Crippen molar-refractivity contribution >= 4 is 21.8 Å². The number of hydrogen-bond donors (Lipinski definition) is 0. The van der Waals surface area contributed by atoms with Crippen molar-refractivity contribution in [1.82, 2.24) is 14.5 Å². The maximum Gasteiger partial charge on any atom is 0.213 e. The van der Waals surface area contributed by atoms with Crippen molar-refractivity contribution < 1.29 is 9.47 Å². The molecule has 0 N–H and O–H groups in total. The van der Waals surface area contributed by atoms with Crippen LogP contribution in [0, 0.1) is 0 Å². The van der Waals surface area contributed by atoms with Crippen molar-refractivity contribution in [2.75, 3.05) is 0 Å². The van der Waals surface area contributed by atoms with Crippen molar-refractivity contribution in [2.45, 2.75) is 31.7 Å². The SMILES string of the molecule is Cn1c2ccncc2c2ccc(-c3ccc(O[C@H]4C[C@H](OCc5ccccc5)C4)nc3)cc21. The molecule has 0 amide bonds. The first-order chi connectivity index (χ1) is 16.2. The summed E-state index contributed by atoms with van der Waals surface area (Å²) >= 11 is 0. The summed E-state index contributed by atoms with van der Waals surface area (Å²) in [6, 6.07) is 22.9. The average Bonchev–Trinajstić information content (AvgIpc) is 3.13. The van der Waals surface area contributed by atoms with Crippen LogP contribution in [0.2, 0.25) is 0 Å². The molecule has 1 aliphatic carbocycles. The molecule has 164 valence electrons. The van der Waals surface area contributed by atoms with Crippen molar-refractivity contribution in [3.63, 3.8) is 0 Å². The Hall–Kier alpha value is -3.70. The normalized spacial score (nSPS) is 17.8. The average molecular weight is 436 g/mol. The summed E-state index contributed by atoms with van der Waals surface area (Å²) in [5.74, 6) is 0.669. The molecule has 0 bridgehead atoms. The summed E-state index contributed by atoms with van der Waals surface area (Å²) in [7, 11) is 2.10. The zero-order valence-electron chi connectivity index (χ0n) is 18.5. The summed E-state index contributed by atoms with van der Waals surface area (Å²) in [6.45, 7) is 0.655. The number of hydrogen-bond acceptors (Lipinski definition) is 4. The molecule has 5 nitrogen and oxygen atoms in total. The zero-order chi connectivity index (χ0) is 22.2. The van der Waals surface area contributed by atoms with Gasteiger partial charge in [0.05, 0.1) is 18.2 Å². The minimum absolute atomic E-state index is 0.171. The fourth-order valence-corrected chi connectivity index (χ4v) is 4.56. The van der Waals surface area contributed by atoms with Gasteiger partial charge in [-0.05, 0) is 29.3 Å². The molecule has 0 spiro atoms. The molecular weight excluding hydrogens is 410 g/mol. The fraction of sp³-hybridized carbons (Fsp3) is 0.214. The lowest BCUT2D eigenvalue weighted by Gasteiger charge is -2.34. The highest BCUT2D eigenvalue weighted by molar-refractivity contribution is 6.08. The Morgan fingerprint density at radius 2 is 1.70 bits per heavy atom. The lowest BCUT2D eigenvalue weighted by Crippen LogP contribution is -2.39. The second-order valence-corrected chi connectivity index (χ2v) is 8.70. The Morgan fingerprint density at radius 1 is 0.848 bits per heavy atom. The third kappa shape index (κ3) is 3.85. The van der Waals surface area contributed by atoms with Gasteiger partial charge < -0.3 is 14.0 Å². The van der Waals surface area contributed by atoms with Crippen LogP contribution in [0.5, 0.6) is 5.88 Å². The van der Waals surface area contributed by atoms with Crippen LogP contribution in [-0.2, 0) is 18.4 Å². The highest BCUT2D eigenvalue weighted by Gasteiger charge is 2.32. The van der Waals surface area contributed by atoms with Crippen LogP contribution in [0.15, 0.2) is 85.3 Å². The highest BCUT2D eigenvalue weighted by Crippen LogP contribution is 2.32. The molecule has 1 saturated carbocycles. The molecule has 0 aliphatic heterocycles. The summed E-state index contributed by atoms with van der Waals surface area (Å²) in [5.41, 5.74) is 5.79. The third-order valence-electron chi connectivity index (χ3n) is 6.55. The monoisotopic (exact) mass is 435 g/mol. The number of benzene rings is 2. The highest BCUT2D eigenvalue weighted by atomic mass is 16.5. The van der Waals surface area contributed by atoms with Crippen LogP contribution in [-0.4, -0.2) is 26.7 Å². The Kier molecular flexibility index (Phi) is 5.04. The number of rotatable bonds is 6. The van der Waals surface area contributed by atoms with E-state index in [0.717, 1.165) is 24.0 Å². The number of fused-ring (bicyclic) bond motifs is 3. The topological polar surface area (TPSA) is 49.2 Å². The fourth-order valence-electron chi connectivity index (χ4n) is 4.56. The number of pyridine rings is 2.